The van der Waals surface area contributed by atoms with Gasteiger partial charge >= 0.3 is 0 Å². The smallest absolute Gasteiger partial charge is 0.251 e. The first kappa shape index (κ1) is 13.5. The third kappa shape index (κ3) is 2.90. The molecule has 1 heterocycles. The Bertz CT molecular complexity index is 484. The first-order valence-corrected chi connectivity index (χ1v) is 6.42. The number of para-hydroxylation sites is 1. The Morgan fingerprint density at radius 3 is 2.74 bits per heavy atom. The molecule has 2 atom stereocenters. The first-order chi connectivity index (χ1) is 9.13. The molecule has 0 spiro atoms. The lowest BCUT2D eigenvalue weighted by atomic mass is 10.1. The summed E-state index contributed by atoms with van der Waals surface area (Å²) in [5.41, 5.74) is 0.637. The molecule has 2 unspecified atom stereocenters. The fourth-order valence-electron chi connectivity index (χ4n) is 2.27. The van der Waals surface area contributed by atoms with E-state index in [9.17, 15) is 9.59 Å². The molecule has 2 rings (SSSR count). The van der Waals surface area contributed by atoms with Crippen molar-refractivity contribution < 1.29 is 9.59 Å². The Balaban J connectivity index is 2.11. The normalized spacial score (nSPS) is 20.7. The number of amides is 2. The fourth-order valence-corrected chi connectivity index (χ4v) is 2.27. The number of benzene rings is 1. The Kier molecular flexibility index (Phi) is 4.12. The maximum Gasteiger partial charge on any atom is 0.251 e. The predicted octanol–water partition coefficient (Wildman–Crippen LogP) is 1.87. The second-order valence-electron chi connectivity index (χ2n) is 4.75. The molecule has 100 valence electrons. The van der Waals surface area contributed by atoms with E-state index < -0.39 is 6.04 Å². The zero-order chi connectivity index (χ0) is 13.8. The molecule has 1 fully saturated rings. The second-order valence-corrected chi connectivity index (χ2v) is 4.75. The molecule has 2 amide bonds. The summed E-state index contributed by atoms with van der Waals surface area (Å²) in [4.78, 5) is 25.5. The van der Waals surface area contributed by atoms with E-state index in [2.05, 4.69) is 11.9 Å². The van der Waals surface area contributed by atoms with Crippen LogP contribution in [0.5, 0.6) is 0 Å². The zero-order valence-electron chi connectivity index (χ0n) is 11.0. The topological polar surface area (TPSA) is 49.4 Å². The summed E-state index contributed by atoms with van der Waals surface area (Å²) < 4.78 is 0. The van der Waals surface area contributed by atoms with Gasteiger partial charge in [0, 0.05) is 6.04 Å². The molecule has 1 aliphatic rings. The van der Waals surface area contributed by atoms with Crippen molar-refractivity contribution in [1.82, 2.24) is 5.32 Å². The predicted molar refractivity (Wildman–Crippen MR) is 74.8 cm³/mol. The average molecular weight is 258 g/mol. The molecule has 0 saturated carbocycles. The minimum absolute atomic E-state index is 0.134. The van der Waals surface area contributed by atoms with Crippen molar-refractivity contribution in [2.24, 2.45) is 0 Å². The van der Waals surface area contributed by atoms with Crippen molar-refractivity contribution >= 4 is 17.5 Å². The van der Waals surface area contributed by atoms with Crippen LogP contribution in [0.3, 0.4) is 0 Å². The van der Waals surface area contributed by atoms with Crippen LogP contribution in [0.2, 0.25) is 0 Å². The quantitative estimate of drug-likeness (QED) is 0.648. The van der Waals surface area contributed by atoms with Crippen LogP contribution in [0.25, 0.3) is 0 Å². The molecule has 1 N–H and O–H groups in total. The van der Waals surface area contributed by atoms with Crippen LogP contribution in [-0.2, 0) is 9.59 Å². The van der Waals surface area contributed by atoms with Gasteiger partial charge in [0.25, 0.3) is 5.91 Å². The highest BCUT2D eigenvalue weighted by molar-refractivity contribution is 6.22. The molecule has 1 saturated heterocycles. The Hall–Kier alpha value is -1.94. The highest BCUT2D eigenvalue weighted by Gasteiger charge is 2.39. The molecule has 19 heavy (non-hydrogen) atoms. The Morgan fingerprint density at radius 2 is 2.11 bits per heavy atom. The van der Waals surface area contributed by atoms with Gasteiger partial charge < -0.3 is 5.32 Å². The van der Waals surface area contributed by atoms with E-state index in [1.807, 2.05) is 25.1 Å². The van der Waals surface area contributed by atoms with Crippen LogP contribution in [0.4, 0.5) is 5.69 Å². The lowest BCUT2D eigenvalue weighted by Crippen LogP contribution is -2.42. The van der Waals surface area contributed by atoms with Crippen molar-refractivity contribution in [2.75, 3.05) is 4.90 Å². The molecule has 4 nitrogen and oxygen atoms in total. The van der Waals surface area contributed by atoms with Crippen molar-refractivity contribution in [3.05, 3.63) is 43.0 Å². The van der Waals surface area contributed by atoms with Gasteiger partial charge in [-0.2, -0.15) is 0 Å². The molecule has 0 bridgehead atoms. The van der Waals surface area contributed by atoms with E-state index in [1.165, 1.54) is 4.90 Å². The third-order valence-corrected chi connectivity index (χ3v) is 3.17. The van der Waals surface area contributed by atoms with Gasteiger partial charge in [-0.15, -0.1) is 6.58 Å². The van der Waals surface area contributed by atoms with E-state index in [4.69, 9.17) is 0 Å². The van der Waals surface area contributed by atoms with Gasteiger partial charge in [0.1, 0.15) is 0 Å². The number of carbonyl (C=O) groups is 2. The molecule has 0 radical (unpaired) electrons. The summed E-state index contributed by atoms with van der Waals surface area (Å²) in [5, 5.41) is 3.18. The molecule has 1 aromatic rings. The van der Waals surface area contributed by atoms with Gasteiger partial charge in [-0.3, -0.25) is 9.59 Å². The standard InChI is InChI=1S/C15H18N2O2/c1-3-7-11(2)16-13-10-14(18)17(15(13)19)12-8-5-4-6-9-12/h3-6,8-9,11,13,16H,1,7,10H2,2H3. The molecule has 0 aromatic heterocycles. The number of anilines is 1. The summed E-state index contributed by atoms with van der Waals surface area (Å²) in [6.07, 6.45) is 2.78. The Labute approximate surface area is 113 Å². The minimum atomic E-state index is -0.428. The summed E-state index contributed by atoms with van der Waals surface area (Å²) in [5.74, 6) is -0.327. The van der Waals surface area contributed by atoms with Crippen LogP contribution >= 0.6 is 0 Å². The molecule has 1 aromatic carbocycles. The van der Waals surface area contributed by atoms with Crippen LogP contribution in [0.15, 0.2) is 43.0 Å². The highest BCUT2D eigenvalue weighted by Crippen LogP contribution is 2.22. The molecule has 1 aliphatic heterocycles. The van der Waals surface area contributed by atoms with Crippen LogP contribution in [0.1, 0.15) is 19.8 Å². The summed E-state index contributed by atoms with van der Waals surface area (Å²) in [6, 6.07) is 8.73. The van der Waals surface area contributed by atoms with Crippen molar-refractivity contribution in [3.8, 4) is 0 Å². The largest absolute Gasteiger partial charge is 0.303 e. The van der Waals surface area contributed by atoms with E-state index in [-0.39, 0.29) is 24.3 Å². The number of nitrogens with one attached hydrogen (secondary N) is 1. The van der Waals surface area contributed by atoms with Crippen LogP contribution in [-0.4, -0.2) is 23.9 Å². The maximum atomic E-state index is 12.3. The SMILES string of the molecule is C=CCC(C)NC1CC(=O)N(c2ccccc2)C1=O. The van der Waals surface area contributed by atoms with Gasteiger partial charge in [-0.05, 0) is 25.5 Å². The number of carbonyl (C=O) groups excluding carboxylic acids is 2. The van der Waals surface area contributed by atoms with Crippen molar-refractivity contribution in [2.45, 2.75) is 31.8 Å². The number of imide groups is 1. The maximum absolute atomic E-state index is 12.3. The average Bonchev–Trinajstić information content (AvgIpc) is 2.66. The van der Waals surface area contributed by atoms with Crippen LogP contribution < -0.4 is 10.2 Å². The lowest BCUT2D eigenvalue weighted by molar-refractivity contribution is -0.121. The first-order valence-electron chi connectivity index (χ1n) is 6.42. The van der Waals surface area contributed by atoms with Gasteiger partial charge in [-0.1, -0.05) is 24.3 Å². The molecular weight excluding hydrogens is 240 g/mol. The van der Waals surface area contributed by atoms with Crippen LogP contribution in [0, 0.1) is 0 Å². The van der Waals surface area contributed by atoms with Gasteiger partial charge in [0.15, 0.2) is 0 Å². The van der Waals surface area contributed by atoms with Gasteiger partial charge in [0.05, 0.1) is 18.2 Å². The highest BCUT2D eigenvalue weighted by atomic mass is 16.2. The zero-order valence-corrected chi connectivity index (χ0v) is 11.0. The van der Waals surface area contributed by atoms with E-state index >= 15 is 0 Å². The fraction of sp³-hybridized carbons (Fsp3) is 0.333. The second kappa shape index (κ2) is 5.80. The minimum Gasteiger partial charge on any atom is -0.303 e. The summed E-state index contributed by atoms with van der Waals surface area (Å²) in [6.45, 7) is 5.65. The monoisotopic (exact) mass is 258 g/mol. The van der Waals surface area contributed by atoms with E-state index in [1.54, 1.807) is 18.2 Å². The lowest BCUT2D eigenvalue weighted by Gasteiger charge is -2.18. The summed E-state index contributed by atoms with van der Waals surface area (Å²) in [7, 11) is 0. The molecule has 4 heteroatoms. The van der Waals surface area contributed by atoms with Crippen molar-refractivity contribution in [1.29, 1.82) is 0 Å². The van der Waals surface area contributed by atoms with Gasteiger partial charge in [0.2, 0.25) is 5.91 Å². The number of hydrogen-bond acceptors (Lipinski definition) is 3. The number of rotatable bonds is 5. The molecule has 0 aliphatic carbocycles. The van der Waals surface area contributed by atoms with Crippen molar-refractivity contribution in [3.63, 3.8) is 0 Å². The number of nitrogens with zero attached hydrogens (tertiary/aromatic N) is 1. The van der Waals surface area contributed by atoms with E-state index in [0.717, 1.165) is 6.42 Å². The molecular formula is C15H18N2O2. The Morgan fingerprint density at radius 1 is 1.42 bits per heavy atom. The number of hydrogen-bond donors (Lipinski definition) is 1. The summed E-state index contributed by atoms with van der Waals surface area (Å²) >= 11 is 0. The third-order valence-electron chi connectivity index (χ3n) is 3.17. The van der Waals surface area contributed by atoms with Gasteiger partial charge in [-0.25, -0.2) is 4.90 Å². The van der Waals surface area contributed by atoms with E-state index in [0.29, 0.717) is 5.69 Å².